The fourth-order valence-corrected chi connectivity index (χ4v) is 2.78. The largest absolute Gasteiger partial charge is 0.310 e. The van der Waals surface area contributed by atoms with Gasteiger partial charge in [-0.1, -0.05) is 23.7 Å². The van der Waals surface area contributed by atoms with Gasteiger partial charge in [-0.2, -0.15) is 0 Å². The van der Waals surface area contributed by atoms with E-state index in [1.165, 1.54) is 10.6 Å². The molecule has 2 nitrogen and oxygen atoms in total. The van der Waals surface area contributed by atoms with Gasteiger partial charge < -0.3 is 5.32 Å². The van der Waals surface area contributed by atoms with Gasteiger partial charge in [0, 0.05) is 35.1 Å². The molecule has 4 heteroatoms. The maximum Gasteiger partial charge on any atom is 0.0940 e. The van der Waals surface area contributed by atoms with Crippen molar-refractivity contribution in [2.24, 2.45) is 0 Å². The van der Waals surface area contributed by atoms with E-state index in [0.717, 1.165) is 23.7 Å². The number of halogens is 1. The molecule has 2 aromatic rings. The van der Waals surface area contributed by atoms with Crippen molar-refractivity contribution in [3.05, 3.63) is 50.9 Å². The molecule has 1 atom stereocenters. The number of nitrogens with zero attached hydrogens (tertiary/aromatic N) is 1. The summed E-state index contributed by atoms with van der Waals surface area (Å²) in [6.45, 7) is 5.11. The average molecular weight is 281 g/mol. The van der Waals surface area contributed by atoms with Crippen LogP contribution in [0.1, 0.15) is 29.2 Å². The van der Waals surface area contributed by atoms with Gasteiger partial charge in [-0.25, -0.2) is 4.98 Å². The van der Waals surface area contributed by atoms with Gasteiger partial charge >= 0.3 is 0 Å². The molecule has 1 unspecified atom stereocenters. The van der Waals surface area contributed by atoms with Crippen LogP contribution >= 0.6 is 22.9 Å². The lowest BCUT2D eigenvalue weighted by Crippen LogP contribution is -2.21. The van der Waals surface area contributed by atoms with Crippen LogP contribution in [-0.2, 0) is 6.42 Å². The molecule has 0 aliphatic heterocycles. The third-order valence-corrected chi connectivity index (χ3v) is 4.07. The summed E-state index contributed by atoms with van der Waals surface area (Å²) in [5.41, 5.74) is 2.33. The van der Waals surface area contributed by atoms with E-state index in [1.54, 1.807) is 11.3 Å². The predicted molar refractivity (Wildman–Crippen MR) is 78.4 cm³/mol. The molecule has 0 saturated heterocycles. The SMILES string of the molecule is Cc1csc(CCNC(C)c2cccc(Cl)c2)n1. The van der Waals surface area contributed by atoms with Crippen molar-refractivity contribution in [3.63, 3.8) is 0 Å². The van der Waals surface area contributed by atoms with Crippen LogP contribution in [0, 0.1) is 6.92 Å². The fraction of sp³-hybridized carbons (Fsp3) is 0.357. The molecule has 2 rings (SSSR count). The molecule has 96 valence electrons. The van der Waals surface area contributed by atoms with Crippen molar-refractivity contribution in [2.45, 2.75) is 26.3 Å². The number of hydrogen-bond acceptors (Lipinski definition) is 3. The highest BCUT2D eigenvalue weighted by atomic mass is 35.5. The Bertz CT molecular complexity index is 510. The Labute approximate surface area is 117 Å². The van der Waals surface area contributed by atoms with Gasteiger partial charge in [0.1, 0.15) is 0 Å². The van der Waals surface area contributed by atoms with Gasteiger partial charge in [0.15, 0.2) is 0 Å². The minimum absolute atomic E-state index is 0.310. The Hall–Kier alpha value is -0.900. The van der Waals surface area contributed by atoms with E-state index >= 15 is 0 Å². The van der Waals surface area contributed by atoms with Crippen LogP contribution in [-0.4, -0.2) is 11.5 Å². The standard InChI is InChI=1S/C14H17ClN2S/c1-10-9-18-14(17-10)6-7-16-11(2)12-4-3-5-13(15)8-12/h3-5,8-9,11,16H,6-7H2,1-2H3. The number of thiazole rings is 1. The van der Waals surface area contributed by atoms with E-state index in [-0.39, 0.29) is 0 Å². The van der Waals surface area contributed by atoms with Gasteiger partial charge in [-0.3, -0.25) is 0 Å². The van der Waals surface area contributed by atoms with Crippen LogP contribution in [0.2, 0.25) is 5.02 Å². The highest BCUT2D eigenvalue weighted by molar-refractivity contribution is 7.09. The normalized spacial score (nSPS) is 12.6. The van der Waals surface area contributed by atoms with E-state index < -0.39 is 0 Å². The molecular formula is C14H17ClN2S. The van der Waals surface area contributed by atoms with Gasteiger partial charge in [0.25, 0.3) is 0 Å². The molecule has 0 aliphatic carbocycles. The molecule has 0 amide bonds. The van der Waals surface area contributed by atoms with E-state index in [4.69, 9.17) is 11.6 Å². The second-order valence-electron chi connectivity index (χ2n) is 4.36. The number of aryl methyl sites for hydroxylation is 1. The maximum absolute atomic E-state index is 5.99. The molecule has 0 aliphatic rings. The van der Waals surface area contributed by atoms with Gasteiger partial charge in [-0.05, 0) is 31.5 Å². The zero-order valence-electron chi connectivity index (χ0n) is 10.6. The second kappa shape index (κ2) is 6.32. The van der Waals surface area contributed by atoms with E-state index in [9.17, 15) is 0 Å². The van der Waals surface area contributed by atoms with Crippen molar-refractivity contribution >= 4 is 22.9 Å². The molecule has 0 bridgehead atoms. The quantitative estimate of drug-likeness (QED) is 0.895. The van der Waals surface area contributed by atoms with Crippen LogP contribution in [0.25, 0.3) is 0 Å². The molecule has 0 radical (unpaired) electrons. The zero-order chi connectivity index (χ0) is 13.0. The minimum Gasteiger partial charge on any atom is -0.310 e. The summed E-state index contributed by atoms with van der Waals surface area (Å²) < 4.78 is 0. The third kappa shape index (κ3) is 3.80. The molecule has 1 aromatic heterocycles. The van der Waals surface area contributed by atoms with Crippen molar-refractivity contribution in [1.29, 1.82) is 0 Å². The van der Waals surface area contributed by atoms with Gasteiger partial charge in [-0.15, -0.1) is 11.3 Å². The van der Waals surface area contributed by atoms with Crippen LogP contribution < -0.4 is 5.32 Å². The van der Waals surface area contributed by atoms with Gasteiger partial charge in [0.2, 0.25) is 0 Å². The lowest BCUT2D eigenvalue weighted by atomic mass is 10.1. The maximum atomic E-state index is 5.99. The zero-order valence-corrected chi connectivity index (χ0v) is 12.2. The molecule has 0 spiro atoms. The highest BCUT2D eigenvalue weighted by Gasteiger charge is 2.05. The van der Waals surface area contributed by atoms with E-state index in [1.807, 2.05) is 25.1 Å². The summed E-state index contributed by atoms with van der Waals surface area (Å²) in [7, 11) is 0. The van der Waals surface area contributed by atoms with Crippen LogP contribution in [0.5, 0.6) is 0 Å². The molecule has 1 heterocycles. The number of rotatable bonds is 5. The Balaban J connectivity index is 1.83. The van der Waals surface area contributed by atoms with E-state index in [0.29, 0.717) is 6.04 Å². The Morgan fingerprint density at radius 3 is 2.94 bits per heavy atom. The number of hydrogen-bond donors (Lipinski definition) is 1. The first-order chi connectivity index (χ1) is 8.65. The Morgan fingerprint density at radius 1 is 1.44 bits per heavy atom. The van der Waals surface area contributed by atoms with Gasteiger partial charge in [0.05, 0.1) is 5.01 Å². The van der Waals surface area contributed by atoms with Crippen molar-refractivity contribution in [3.8, 4) is 0 Å². The third-order valence-electron chi connectivity index (χ3n) is 2.80. The summed E-state index contributed by atoms with van der Waals surface area (Å²) in [5, 5.41) is 7.57. The summed E-state index contributed by atoms with van der Waals surface area (Å²) in [6, 6.07) is 8.30. The number of benzene rings is 1. The van der Waals surface area contributed by atoms with E-state index in [2.05, 4.69) is 28.7 Å². The lowest BCUT2D eigenvalue weighted by molar-refractivity contribution is 0.576. The highest BCUT2D eigenvalue weighted by Crippen LogP contribution is 2.17. The van der Waals surface area contributed by atoms with Crippen LogP contribution in [0.3, 0.4) is 0 Å². The average Bonchev–Trinajstić information content (AvgIpc) is 2.75. The molecule has 0 saturated carbocycles. The molecule has 0 fully saturated rings. The fourth-order valence-electron chi connectivity index (χ4n) is 1.81. The first kappa shape index (κ1) is 13.5. The summed E-state index contributed by atoms with van der Waals surface area (Å²) in [4.78, 5) is 4.45. The Morgan fingerprint density at radius 2 is 2.28 bits per heavy atom. The second-order valence-corrected chi connectivity index (χ2v) is 5.74. The monoisotopic (exact) mass is 280 g/mol. The molecular weight excluding hydrogens is 264 g/mol. The Kier molecular flexibility index (Phi) is 4.75. The molecule has 1 aromatic carbocycles. The number of aromatic nitrogens is 1. The smallest absolute Gasteiger partial charge is 0.0940 e. The van der Waals surface area contributed by atoms with Crippen LogP contribution in [0.15, 0.2) is 29.6 Å². The van der Waals surface area contributed by atoms with Crippen molar-refractivity contribution < 1.29 is 0 Å². The van der Waals surface area contributed by atoms with Crippen molar-refractivity contribution in [1.82, 2.24) is 10.3 Å². The topological polar surface area (TPSA) is 24.9 Å². The minimum atomic E-state index is 0.310. The first-order valence-electron chi connectivity index (χ1n) is 6.05. The predicted octanol–water partition coefficient (Wildman–Crippen LogP) is 4.00. The summed E-state index contributed by atoms with van der Waals surface area (Å²) in [6.07, 6.45) is 0.976. The molecule has 1 N–H and O–H groups in total. The van der Waals surface area contributed by atoms with Crippen LogP contribution in [0.4, 0.5) is 0 Å². The molecule has 18 heavy (non-hydrogen) atoms. The summed E-state index contributed by atoms with van der Waals surface area (Å²) >= 11 is 7.71. The summed E-state index contributed by atoms with van der Waals surface area (Å²) in [5.74, 6) is 0. The number of nitrogens with one attached hydrogen (secondary N) is 1. The first-order valence-corrected chi connectivity index (χ1v) is 7.31. The van der Waals surface area contributed by atoms with Crippen molar-refractivity contribution in [2.75, 3.05) is 6.54 Å². The lowest BCUT2D eigenvalue weighted by Gasteiger charge is -2.13.